The summed E-state index contributed by atoms with van der Waals surface area (Å²) in [6, 6.07) is 10.8. The Hall–Kier alpha value is -2.10. The summed E-state index contributed by atoms with van der Waals surface area (Å²) in [7, 11) is 0. The van der Waals surface area contributed by atoms with Gasteiger partial charge in [-0.2, -0.15) is 0 Å². The van der Waals surface area contributed by atoms with Crippen molar-refractivity contribution in [2.75, 3.05) is 10.6 Å². The quantitative estimate of drug-likeness (QED) is 0.866. The molecular weight excluding hydrogens is 248 g/mol. The second-order valence-corrected chi connectivity index (χ2v) is 5.52. The first-order chi connectivity index (χ1) is 9.61. The highest BCUT2D eigenvalue weighted by Crippen LogP contribution is 2.32. The molecule has 0 radical (unpaired) electrons. The maximum Gasteiger partial charge on any atom is 0.133 e. The van der Waals surface area contributed by atoms with Crippen molar-refractivity contribution >= 4 is 11.5 Å². The van der Waals surface area contributed by atoms with E-state index in [2.05, 4.69) is 33.1 Å². The molecule has 0 bridgehead atoms. The number of hydrogen-bond acceptors (Lipinski definition) is 4. The number of anilines is 2. The first-order valence-electron chi connectivity index (χ1n) is 7.05. The zero-order valence-electron chi connectivity index (χ0n) is 12.0. The van der Waals surface area contributed by atoms with Crippen molar-refractivity contribution in [3.63, 3.8) is 0 Å². The average Bonchev–Trinajstić information content (AvgIpc) is 3.21. The Bertz CT molecular complexity index is 582. The Labute approximate surface area is 119 Å². The van der Waals surface area contributed by atoms with Gasteiger partial charge in [-0.05, 0) is 44.4 Å². The van der Waals surface area contributed by atoms with Gasteiger partial charge in [0.1, 0.15) is 11.6 Å². The smallest absolute Gasteiger partial charge is 0.133 e. The second kappa shape index (κ2) is 5.12. The van der Waals surface area contributed by atoms with Gasteiger partial charge < -0.3 is 10.6 Å². The Morgan fingerprint density at radius 2 is 1.85 bits per heavy atom. The minimum Gasteiger partial charge on any atom is -0.399 e. The molecule has 0 aliphatic heterocycles. The molecule has 2 aromatic rings. The van der Waals surface area contributed by atoms with Gasteiger partial charge >= 0.3 is 0 Å². The lowest BCUT2D eigenvalue weighted by atomic mass is 10.2. The van der Waals surface area contributed by atoms with E-state index in [1.807, 2.05) is 26.0 Å². The van der Waals surface area contributed by atoms with Crippen molar-refractivity contribution in [1.29, 1.82) is 0 Å². The van der Waals surface area contributed by atoms with Gasteiger partial charge in [-0.1, -0.05) is 12.1 Å². The van der Waals surface area contributed by atoms with Crippen LogP contribution in [-0.4, -0.2) is 16.0 Å². The number of rotatable bonds is 4. The van der Waals surface area contributed by atoms with E-state index in [1.165, 1.54) is 18.4 Å². The standard InChI is InChI=1S/C16H20N4/c1-11-9-16(19-12(2)18-11)20(15-7-8-15)10-13-3-5-14(17)6-4-13/h3-6,9,15H,7-8,10,17H2,1-2H3. The fourth-order valence-electron chi connectivity index (χ4n) is 2.45. The number of aromatic nitrogens is 2. The first-order valence-corrected chi connectivity index (χ1v) is 7.05. The topological polar surface area (TPSA) is 55.0 Å². The molecule has 1 aromatic carbocycles. The van der Waals surface area contributed by atoms with Gasteiger partial charge in [0.2, 0.25) is 0 Å². The summed E-state index contributed by atoms with van der Waals surface area (Å²) in [5.74, 6) is 1.87. The Morgan fingerprint density at radius 1 is 1.15 bits per heavy atom. The highest BCUT2D eigenvalue weighted by Gasteiger charge is 2.30. The summed E-state index contributed by atoms with van der Waals surface area (Å²) in [4.78, 5) is 11.3. The van der Waals surface area contributed by atoms with Crippen LogP contribution in [0.4, 0.5) is 11.5 Å². The van der Waals surface area contributed by atoms with Gasteiger partial charge in [-0.3, -0.25) is 0 Å². The molecule has 0 amide bonds. The largest absolute Gasteiger partial charge is 0.399 e. The van der Waals surface area contributed by atoms with Crippen LogP contribution in [0.2, 0.25) is 0 Å². The van der Waals surface area contributed by atoms with Crippen molar-refractivity contribution in [3.05, 3.63) is 47.4 Å². The fourth-order valence-corrected chi connectivity index (χ4v) is 2.45. The summed E-state index contributed by atoms with van der Waals surface area (Å²) in [6.45, 7) is 4.85. The molecule has 104 valence electrons. The van der Waals surface area contributed by atoms with Crippen LogP contribution >= 0.6 is 0 Å². The molecule has 20 heavy (non-hydrogen) atoms. The van der Waals surface area contributed by atoms with E-state index in [4.69, 9.17) is 5.73 Å². The minimum absolute atomic E-state index is 0.612. The molecule has 3 rings (SSSR count). The van der Waals surface area contributed by atoms with Crippen molar-refractivity contribution in [2.45, 2.75) is 39.3 Å². The molecule has 0 spiro atoms. The fraction of sp³-hybridized carbons (Fsp3) is 0.375. The molecule has 0 unspecified atom stereocenters. The van der Waals surface area contributed by atoms with Crippen LogP contribution in [0.3, 0.4) is 0 Å². The lowest BCUT2D eigenvalue weighted by Gasteiger charge is -2.24. The molecule has 4 heteroatoms. The molecule has 1 heterocycles. The highest BCUT2D eigenvalue weighted by atomic mass is 15.2. The molecule has 4 nitrogen and oxygen atoms in total. The summed E-state index contributed by atoms with van der Waals surface area (Å²) in [6.07, 6.45) is 2.49. The van der Waals surface area contributed by atoms with Crippen LogP contribution in [0, 0.1) is 13.8 Å². The van der Waals surface area contributed by atoms with E-state index in [-0.39, 0.29) is 0 Å². The van der Waals surface area contributed by atoms with E-state index in [1.54, 1.807) is 0 Å². The van der Waals surface area contributed by atoms with Gasteiger partial charge in [0, 0.05) is 30.0 Å². The van der Waals surface area contributed by atoms with Crippen molar-refractivity contribution in [1.82, 2.24) is 9.97 Å². The highest BCUT2D eigenvalue weighted by molar-refractivity contribution is 5.45. The number of nitrogens with two attached hydrogens (primary N) is 1. The Morgan fingerprint density at radius 3 is 2.45 bits per heavy atom. The zero-order chi connectivity index (χ0) is 14.1. The van der Waals surface area contributed by atoms with E-state index in [0.717, 1.165) is 29.6 Å². The molecule has 0 saturated heterocycles. The normalized spacial score (nSPS) is 14.3. The van der Waals surface area contributed by atoms with Crippen LogP contribution < -0.4 is 10.6 Å². The molecule has 1 fully saturated rings. The predicted octanol–water partition coefficient (Wildman–Crippen LogP) is 2.84. The third-order valence-electron chi connectivity index (χ3n) is 3.57. The van der Waals surface area contributed by atoms with Gasteiger partial charge in [0.15, 0.2) is 0 Å². The molecule has 1 saturated carbocycles. The number of nitrogens with zero attached hydrogens (tertiary/aromatic N) is 3. The van der Waals surface area contributed by atoms with Crippen LogP contribution in [-0.2, 0) is 6.54 Å². The maximum absolute atomic E-state index is 5.75. The number of benzene rings is 1. The lowest BCUT2D eigenvalue weighted by molar-refractivity contribution is 0.768. The van der Waals surface area contributed by atoms with Gasteiger partial charge in [0.25, 0.3) is 0 Å². The molecule has 2 N–H and O–H groups in total. The monoisotopic (exact) mass is 268 g/mol. The van der Waals surface area contributed by atoms with Crippen molar-refractivity contribution in [2.24, 2.45) is 0 Å². The van der Waals surface area contributed by atoms with Crippen LogP contribution in [0.25, 0.3) is 0 Å². The predicted molar refractivity (Wildman–Crippen MR) is 81.6 cm³/mol. The SMILES string of the molecule is Cc1cc(N(Cc2ccc(N)cc2)C2CC2)nc(C)n1. The average molecular weight is 268 g/mol. The number of hydrogen-bond donors (Lipinski definition) is 1. The lowest BCUT2D eigenvalue weighted by Crippen LogP contribution is -2.26. The van der Waals surface area contributed by atoms with Crippen LogP contribution in [0.1, 0.15) is 29.9 Å². The van der Waals surface area contributed by atoms with E-state index in [9.17, 15) is 0 Å². The summed E-state index contributed by atoms with van der Waals surface area (Å²) in [5, 5.41) is 0. The second-order valence-electron chi connectivity index (χ2n) is 5.52. The summed E-state index contributed by atoms with van der Waals surface area (Å²) >= 11 is 0. The third-order valence-corrected chi connectivity index (χ3v) is 3.57. The first kappa shape index (κ1) is 12.9. The number of nitrogen functional groups attached to an aromatic ring is 1. The van der Waals surface area contributed by atoms with Gasteiger partial charge in [-0.15, -0.1) is 0 Å². The van der Waals surface area contributed by atoms with Crippen LogP contribution in [0.5, 0.6) is 0 Å². The molecule has 1 aliphatic carbocycles. The van der Waals surface area contributed by atoms with E-state index < -0.39 is 0 Å². The number of aryl methyl sites for hydroxylation is 2. The molecule has 0 atom stereocenters. The van der Waals surface area contributed by atoms with Crippen LogP contribution in [0.15, 0.2) is 30.3 Å². The summed E-state index contributed by atoms with van der Waals surface area (Å²) < 4.78 is 0. The maximum atomic E-state index is 5.75. The minimum atomic E-state index is 0.612. The zero-order valence-corrected chi connectivity index (χ0v) is 12.0. The van der Waals surface area contributed by atoms with Gasteiger partial charge in [0.05, 0.1) is 0 Å². The van der Waals surface area contributed by atoms with Crippen molar-refractivity contribution < 1.29 is 0 Å². The molecular formula is C16H20N4. The molecule has 1 aliphatic rings. The Balaban J connectivity index is 1.87. The van der Waals surface area contributed by atoms with Crippen molar-refractivity contribution in [3.8, 4) is 0 Å². The Kier molecular flexibility index (Phi) is 3.30. The summed E-state index contributed by atoms with van der Waals surface area (Å²) in [5.41, 5.74) is 8.84. The van der Waals surface area contributed by atoms with E-state index >= 15 is 0 Å². The van der Waals surface area contributed by atoms with E-state index in [0.29, 0.717) is 6.04 Å². The molecule has 1 aromatic heterocycles. The van der Waals surface area contributed by atoms with Gasteiger partial charge in [-0.25, -0.2) is 9.97 Å². The third kappa shape index (κ3) is 2.90.